The highest BCUT2D eigenvalue weighted by Gasteiger charge is 2.35. The summed E-state index contributed by atoms with van der Waals surface area (Å²) in [5.41, 5.74) is 0.697. The first-order chi connectivity index (χ1) is 9.96. The molecule has 114 valence electrons. The lowest BCUT2D eigenvalue weighted by Gasteiger charge is -2.37. The third-order valence-electron chi connectivity index (χ3n) is 3.85. The minimum absolute atomic E-state index is 0.0348. The molecule has 1 saturated heterocycles. The van der Waals surface area contributed by atoms with Gasteiger partial charge in [-0.1, -0.05) is 18.3 Å². The number of rotatable bonds is 2. The molecule has 0 radical (unpaired) electrons. The van der Waals surface area contributed by atoms with E-state index >= 15 is 0 Å². The Balaban J connectivity index is 2.30. The van der Waals surface area contributed by atoms with Crippen molar-refractivity contribution in [2.45, 2.75) is 50.1 Å². The van der Waals surface area contributed by atoms with Crippen LogP contribution in [0.25, 0.3) is 0 Å². The van der Waals surface area contributed by atoms with Gasteiger partial charge in [0, 0.05) is 17.6 Å². The molecule has 5 heteroatoms. The number of aliphatic hydroxyl groups excluding tert-OH is 1. The maximum atomic E-state index is 12.8. The molecule has 2 rings (SSSR count). The van der Waals surface area contributed by atoms with Gasteiger partial charge in [0.05, 0.1) is 4.90 Å². The summed E-state index contributed by atoms with van der Waals surface area (Å²) in [6, 6.07) is 6.60. The number of nitrogens with zero attached hydrogens (tertiary/aromatic N) is 1. The van der Waals surface area contributed by atoms with E-state index in [1.165, 1.54) is 0 Å². The first kappa shape index (κ1) is 16.0. The van der Waals surface area contributed by atoms with Crippen molar-refractivity contribution in [2.24, 2.45) is 0 Å². The zero-order valence-electron chi connectivity index (χ0n) is 12.4. The third-order valence-corrected chi connectivity index (χ3v) is 6.00. The third kappa shape index (κ3) is 3.46. The van der Waals surface area contributed by atoms with Crippen LogP contribution < -0.4 is 0 Å². The Morgan fingerprint density at radius 1 is 1.19 bits per heavy atom. The topological polar surface area (TPSA) is 57.6 Å². The molecular formula is C16H21NO3S. The van der Waals surface area contributed by atoms with E-state index in [0.29, 0.717) is 10.5 Å². The van der Waals surface area contributed by atoms with E-state index in [-0.39, 0.29) is 18.7 Å². The summed E-state index contributed by atoms with van der Waals surface area (Å²) in [6.45, 7) is 3.73. The monoisotopic (exact) mass is 307 g/mol. The summed E-state index contributed by atoms with van der Waals surface area (Å²) in [6.07, 6.45) is 2.89. The normalized spacial score (nSPS) is 23.4. The second kappa shape index (κ2) is 6.61. The van der Waals surface area contributed by atoms with Crippen molar-refractivity contribution in [3.05, 3.63) is 29.8 Å². The molecule has 0 spiro atoms. The maximum absolute atomic E-state index is 12.8. The molecule has 1 aromatic carbocycles. The molecule has 1 aliphatic rings. The predicted molar refractivity (Wildman–Crippen MR) is 82.2 cm³/mol. The molecular weight excluding hydrogens is 286 g/mol. The van der Waals surface area contributed by atoms with Crippen molar-refractivity contribution in [3.8, 4) is 11.8 Å². The molecule has 0 aliphatic carbocycles. The van der Waals surface area contributed by atoms with Crippen molar-refractivity contribution in [1.82, 2.24) is 4.31 Å². The van der Waals surface area contributed by atoms with Crippen LogP contribution in [0.4, 0.5) is 0 Å². The first-order valence-corrected chi connectivity index (χ1v) is 8.64. The van der Waals surface area contributed by atoms with Gasteiger partial charge in [0.15, 0.2) is 0 Å². The zero-order valence-corrected chi connectivity index (χ0v) is 13.2. The quantitative estimate of drug-likeness (QED) is 0.850. The fourth-order valence-corrected chi connectivity index (χ4v) is 4.73. The van der Waals surface area contributed by atoms with Gasteiger partial charge in [0.2, 0.25) is 10.0 Å². The summed E-state index contributed by atoms with van der Waals surface area (Å²) in [5, 5.41) is 8.66. The minimum atomic E-state index is -3.46. The SMILES string of the molecule is C[C@@H]1CCC[C@H](C)N1S(=O)(=O)c1ccc(C#CCO)cc1. The van der Waals surface area contributed by atoms with Gasteiger partial charge in [-0.2, -0.15) is 4.31 Å². The number of benzene rings is 1. The molecule has 1 N–H and O–H groups in total. The summed E-state index contributed by atoms with van der Waals surface area (Å²) in [7, 11) is -3.46. The highest BCUT2D eigenvalue weighted by Crippen LogP contribution is 2.29. The zero-order chi connectivity index (χ0) is 15.5. The Hall–Kier alpha value is -1.35. The molecule has 2 atom stereocenters. The van der Waals surface area contributed by atoms with Gasteiger partial charge in [0.1, 0.15) is 6.61 Å². The lowest BCUT2D eigenvalue weighted by Crippen LogP contribution is -2.47. The van der Waals surface area contributed by atoms with Gasteiger partial charge in [-0.3, -0.25) is 0 Å². The fourth-order valence-electron chi connectivity index (χ4n) is 2.84. The van der Waals surface area contributed by atoms with Crippen LogP contribution in [-0.2, 0) is 10.0 Å². The van der Waals surface area contributed by atoms with Crippen LogP contribution in [0, 0.1) is 11.8 Å². The van der Waals surface area contributed by atoms with Crippen LogP contribution in [0.3, 0.4) is 0 Å². The van der Waals surface area contributed by atoms with Crippen LogP contribution in [-0.4, -0.2) is 36.5 Å². The van der Waals surface area contributed by atoms with Gasteiger partial charge >= 0.3 is 0 Å². The summed E-state index contributed by atoms with van der Waals surface area (Å²) in [4.78, 5) is 0.303. The molecule has 4 nitrogen and oxygen atoms in total. The van der Waals surface area contributed by atoms with E-state index in [4.69, 9.17) is 5.11 Å². The lowest BCUT2D eigenvalue weighted by molar-refractivity contribution is 0.204. The molecule has 1 aliphatic heterocycles. The van der Waals surface area contributed by atoms with E-state index in [0.717, 1.165) is 19.3 Å². The largest absolute Gasteiger partial charge is 0.384 e. The van der Waals surface area contributed by atoms with Crippen LogP contribution in [0.1, 0.15) is 38.7 Å². The molecule has 0 unspecified atom stereocenters. The van der Waals surface area contributed by atoms with E-state index in [1.54, 1.807) is 28.6 Å². The first-order valence-electron chi connectivity index (χ1n) is 7.20. The molecule has 0 amide bonds. The van der Waals surface area contributed by atoms with Crippen molar-refractivity contribution in [2.75, 3.05) is 6.61 Å². The fraction of sp³-hybridized carbons (Fsp3) is 0.500. The van der Waals surface area contributed by atoms with Crippen LogP contribution >= 0.6 is 0 Å². The smallest absolute Gasteiger partial charge is 0.243 e. The van der Waals surface area contributed by atoms with Gasteiger partial charge in [0.25, 0.3) is 0 Å². The Kier molecular flexibility index (Phi) is 5.04. The van der Waals surface area contributed by atoms with Gasteiger partial charge in [-0.25, -0.2) is 8.42 Å². The highest BCUT2D eigenvalue weighted by atomic mass is 32.2. The van der Waals surface area contributed by atoms with E-state index in [2.05, 4.69) is 11.8 Å². The van der Waals surface area contributed by atoms with E-state index < -0.39 is 10.0 Å². The van der Waals surface area contributed by atoms with Crippen molar-refractivity contribution >= 4 is 10.0 Å². The number of hydrogen-bond donors (Lipinski definition) is 1. The highest BCUT2D eigenvalue weighted by molar-refractivity contribution is 7.89. The van der Waals surface area contributed by atoms with Gasteiger partial charge in [-0.05, 0) is 51.0 Å². The average molecular weight is 307 g/mol. The van der Waals surface area contributed by atoms with Crippen molar-refractivity contribution < 1.29 is 13.5 Å². The van der Waals surface area contributed by atoms with Crippen molar-refractivity contribution in [3.63, 3.8) is 0 Å². The summed E-state index contributed by atoms with van der Waals surface area (Å²) < 4.78 is 27.2. The average Bonchev–Trinajstić information content (AvgIpc) is 2.45. The number of sulfonamides is 1. The molecule has 0 aromatic heterocycles. The second-order valence-electron chi connectivity index (χ2n) is 5.45. The standard InChI is InChI=1S/C16H21NO3S/c1-13-5-3-6-14(2)17(13)21(19,20)16-10-8-15(9-11-16)7-4-12-18/h8-11,13-14,18H,3,5-6,12H2,1-2H3/t13-,14+. The molecule has 21 heavy (non-hydrogen) atoms. The number of piperidine rings is 1. The summed E-state index contributed by atoms with van der Waals surface area (Å²) in [5.74, 6) is 5.31. The predicted octanol–water partition coefficient (Wildman–Crippen LogP) is 1.98. The van der Waals surface area contributed by atoms with E-state index in [1.807, 2.05) is 13.8 Å². The molecule has 1 fully saturated rings. The number of aliphatic hydroxyl groups is 1. The molecule has 0 saturated carbocycles. The number of hydrogen-bond acceptors (Lipinski definition) is 3. The van der Waals surface area contributed by atoms with Gasteiger partial charge < -0.3 is 5.11 Å². The molecule has 1 aromatic rings. The Bertz CT molecular complexity index is 630. The summed E-state index contributed by atoms with van der Waals surface area (Å²) >= 11 is 0. The van der Waals surface area contributed by atoms with Crippen molar-refractivity contribution in [1.29, 1.82) is 0 Å². The Morgan fingerprint density at radius 2 is 1.76 bits per heavy atom. The van der Waals surface area contributed by atoms with E-state index in [9.17, 15) is 8.42 Å². The Morgan fingerprint density at radius 3 is 2.29 bits per heavy atom. The van der Waals surface area contributed by atoms with Crippen LogP contribution in [0.5, 0.6) is 0 Å². The Labute approximate surface area is 126 Å². The molecule has 0 bridgehead atoms. The lowest BCUT2D eigenvalue weighted by atomic mass is 10.0. The van der Waals surface area contributed by atoms with Gasteiger partial charge in [-0.15, -0.1) is 0 Å². The van der Waals surface area contributed by atoms with Crippen LogP contribution in [0.2, 0.25) is 0 Å². The molecule has 1 heterocycles. The van der Waals surface area contributed by atoms with Crippen LogP contribution in [0.15, 0.2) is 29.2 Å². The maximum Gasteiger partial charge on any atom is 0.243 e. The second-order valence-corrected chi connectivity index (χ2v) is 7.29. The minimum Gasteiger partial charge on any atom is -0.384 e.